The molecule has 3 N–H and O–H groups in total. The first kappa shape index (κ1) is 11.0. The smallest absolute Gasteiger partial charge is 0.290 e. The molecule has 1 saturated heterocycles. The van der Waals surface area contributed by atoms with Crippen molar-refractivity contribution in [2.45, 2.75) is 18.4 Å². The first-order valence-electron chi connectivity index (χ1n) is 4.88. The normalized spacial score (nSPS) is 24.4. The summed E-state index contributed by atoms with van der Waals surface area (Å²) in [6.07, 6.45) is -0.184. The minimum absolute atomic E-state index is 0.00877. The molecule has 1 aromatic rings. The Kier molecular flexibility index (Phi) is 2.63. The summed E-state index contributed by atoms with van der Waals surface area (Å²) in [5.74, 6) is -2.72. The highest BCUT2D eigenvalue weighted by atomic mass is 19.3. The van der Waals surface area contributed by atoms with Gasteiger partial charge in [-0.2, -0.15) is 4.98 Å². The van der Waals surface area contributed by atoms with E-state index in [1.807, 2.05) is 0 Å². The predicted octanol–water partition coefficient (Wildman–Crippen LogP) is 0.265. The average molecular weight is 230 g/mol. The topological polar surface area (TPSA) is 75.3 Å². The SMILES string of the molecule is Nc1ccnc(N2CCC(O)C(F)(F)C2)n1. The zero-order chi connectivity index (χ0) is 11.8. The summed E-state index contributed by atoms with van der Waals surface area (Å²) in [6, 6.07) is 1.49. The van der Waals surface area contributed by atoms with Gasteiger partial charge in [0, 0.05) is 12.7 Å². The van der Waals surface area contributed by atoms with E-state index < -0.39 is 18.6 Å². The van der Waals surface area contributed by atoms with Gasteiger partial charge in [0.1, 0.15) is 11.9 Å². The molecule has 1 atom stereocenters. The number of nitrogens with two attached hydrogens (primary N) is 1. The van der Waals surface area contributed by atoms with Gasteiger partial charge in [0.25, 0.3) is 5.92 Å². The second-order valence-corrected chi connectivity index (χ2v) is 3.77. The van der Waals surface area contributed by atoms with E-state index in [0.29, 0.717) is 6.54 Å². The lowest BCUT2D eigenvalue weighted by molar-refractivity contribution is -0.113. The zero-order valence-corrected chi connectivity index (χ0v) is 8.48. The van der Waals surface area contributed by atoms with Crippen LogP contribution in [0, 0.1) is 0 Å². The van der Waals surface area contributed by atoms with Crippen LogP contribution in [0.4, 0.5) is 20.5 Å². The van der Waals surface area contributed by atoms with Crippen molar-refractivity contribution < 1.29 is 13.9 Å². The lowest BCUT2D eigenvalue weighted by atomic mass is 10.0. The number of aromatic nitrogens is 2. The van der Waals surface area contributed by atoms with Gasteiger partial charge in [0.05, 0.1) is 6.54 Å². The quantitative estimate of drug-likeness (QED) is 0.724. The van der Waals surface area contributed by atoms with Gasteiger partial charge in [0.15, 0.2) is 0 Å². The Morgan fingerprint density at radius 2 is 2.31 bits per heavy atom. The first-order valence-corrected chi connectivity index (χ1v) is 4.88. The molecule has 2 heterocycles. The number of nitrogen functional groups attached to an aromatic ring is 1. The van der Waals surface area contributed by atoms with Crippen molar-refractivity contribution in [2.24, 2.45) is 0 Å². The molecular weight excluding hydrogens is 218 g/mol. The maximum atomic E-state index is 13.3. The van der Waals surface area contributed by atoms with Gasteiger partial charge in [-0.3, -0.25) is 0 Å². The van der Waals surface area contributed by atoms with Gasteiger partial charge in [-0.05, 0) is 12.5 Å². The van der Waals surface area contributed by atoms with Crippen LogP contribution in [0.15, 0.2) is 12.3 Å². The minimum atomic E-state index is -3.13. The Morgan fingerprint density at radius 1 is 1.56 bits per heavy atom. The fraction of sp³-hybridized carbons (Fsp3) is 0.556. The van der Waals surface area contributed by atoms with Crippen LogP contribution in [0.1, 0.15) is 6.42 Å². The van der Waals surface area contributed by atoms with Crippen molar-refractivity contribution in [3.8, 4) is 0 Å². The van der Waals surface area contributed by atoms with E-state index >= 15 is 0 Å². The number of halogens is 2. The largest absolute Gasteiger partial charge is 0.387 e. The number of hydrogen-bond acceptors (Lipinski definition) is 5. The summed E-state index contributed by atoms with van der Waals surface area (Å²) < 4.78 is 26.5. The number of rotatable bonds is 1. The maximum Gasteiger partial charge on any atom is 0.290 e. The molecule has 0 aliphatic carbocycles. The third-order valence-corrected chi connectivity index (χ3v) is 2.51. The summed E-state index contributed by atoms with van der Waals surface area (Å²) in [5, 5.41) is 9.11. The highest BCUT2D eigenvalue weighted by Gasteiger charge is 2.44. The molecule has 0 spiro atoms. The summed E-state index contributed by atoms with van der Waals surface area (Å²) in [6.45, 7) is -0.294. The summed E-state index contributed by atoms with van der Waals surface area (Å²) in [7, 11) is 0. The molecule has 0 saturated carbocycles. The van der Waals surface area contributed by atoms with Crippen LogP contribution in [-0.2, 0) is 0 Å². The lowest BCUT2D eigenvalue weighted by Crippen LogP contribution is -2.52. The first-order chi connectivity index (χ1) is 7.49. The van der Waals surface area contributed by atoms with E-state index in [-0.39, 0.29) is 18.2 Å². The summed E-state index contributed by atoms with van der Waals surface area (Å²) >= 11 is 0. The molecule has 0 radical (unpaired) electrons. The molecule has 5 nitrogen and oxygen atoms in total. The van der Waals surface area contributed by atoms with Crippen LogP contribution < -0.4 is 10.6 Å². The third kappa shape index (κ3) is 2.04. The molecule has 1 fully saturated rings. The van der Waals surface area contributed by atoms with Crippen LogP contribution >= 0.6 is 0 Å². The van der Waals surface area contributed by atoms with Crippen molar-refractivity contribution in [3.05, 3.63) is 12.3 Å². The second kappa shape index (κ2) is 3.82. The molecule has 1 unspecified atom stereocenters. The fourth-order valence-electron chi connectivity index (χ4n) is 1.61. The van der Waals surface area contributed by atoms with E-state index in [0.717, 1.165) is 0 Å². The van der Waals surface area contributed by atoms with Gasteiger partial charge in [-0.1, -0.05) is 0 Å². The van der Waals surface area contributed by atoms with Crippen LogP contribution in [0.3, 0.4) is 0 Å². The van der Waals surface area contributed by atoms with E-state index in [2.05, 4.69) is 9.97 Å². The monoisotopic (exact) mass is 230 g/mol. The highest BCUT2D eigenvalue weighted by Crippen LogP contribution is 2.28. The molecule has 88 valence electrons. The van der Waals surface area contributed by atoms with E-state index in [1.165, 1.54) is 17.2 Å². The predicted molar refractivity (Wildman–Crippen MR) is 54.2 cm³/mol. The van der Waals surface area contributed by atoms with Crippen molar-refractivity contribution >= 4 is 11.8 Å². The Balaban J connectivity index is 2.18. The number of hydrogen-bond donors (Lipinski definition) is 2. The molecule has 0 amide bonds. The van der Waals surface area contributed by atoms with Crippen molar-refractivity contribution in [3.63, 3.8) is 0 Å². The number of aliphatic hydroxyl groups excluding tert-OH is 1. The van der Waals surface area contributed by atoms with E-state index in [9.17, 15) is 8.78 Å². The number of alkyl halides is 2. The van der Waals surface area contributed by atoms with Crippen LogP contribution in [0.25, 0.3) is 0 Å². The number of nitrogens with zero attached hydrogens (tertiary/aromatic N) is 3. The van der Waals surface area contributed by atoms with Gasteiger partial charge >= 0.3 is 0 Å². The maximum absolute atomic E-state index is 13.3. The van der Waals surface area contributed by atoms with Crippen LogP contribution in [-0.4, -0.2) is 40.2 Å². The summed E-state index contributed by atoms with van der Waals surface area (Å²) in [5.41, 5.74) is 5.45. The minimum Gasteiger partial charge on any atom is -0.387 e. The molecule has 0 aromatic carbocycles. The number of aliphatic hydroxyl groups is 1. The third-order valence-electron chi connectivity index (χ3n) is 2.51. The number of piperidine rings is 1. The van der Waals surface area contributed by atoms with Crippen LogP contribution in [0.5, 0.6) is 0 Å². The van der Waals surface area contributed by atoms with Crippen molar-refractivity contribution in [1.82, 2.24) is 9.97 Å². The Hall–Kier alpha value is -1.50. The summed E-state index contributed by atoms with van der Waals surface area (Å²) in [4.78, 5) is 9.06. The van der Waals surface area contributed by atoms with Crippen LogP contribution in [0.2, 0.25) is 0 Å². The molecule has 0 bridgehead atoms. The molecule has 1 aliphatic heterocycles. The van der Waals surface area contributed by atoms with Gasteiger partial charge < -0.3 is 15.7 Å². The highest BCUT2D eigenvalue weighted by molar-refractivity contribution is 5.38. The van der Waals surface area contributed by atoms with Crippen molar-refractivity contribution in [1.29, 1.82) is 0 Å². The lowest BCUT2D eigenvalue weighted by Gasteiger charge is -2.35. The molecule has 16 heavy (non-hydrogen) atoms. The zero-order valence-electron chi connectivity index (χ0n) is 8.48. The van der Waals surface area contributed by atoms with Crippen molar-refractivity contribution in [2.75, 3.05) is 23.7 Å². The molecular formula is C9H12F2N4O. The van der Waals surface area contributed by atoms with Gasteiger partial charge in [0.2, 0.25) is 5.95 Å². The fourth-order valence-corrected chi connectivity index (χ4v) is 1.61. The average Bonchev–Trinajstić information content (AvgIpc) is 2.22. The molecule has 1 aliphatic rings. The second-order valence-electron chi connectivity index (χ2n) is 3.77. The van der Waals surface area contributed by atoms with E-state index in [1.54, 1.807) is 0 Å². The van der Waals surface area contributed by atoms with Gasteiger partial charge in [-0.15, -0.1) is 0 Å². The Bertz CT molecular complexity index is 388. The standard InChI is InChI=1S/C9H12F2N4O/c10-9(11)5-15(4-2-6(9)16)8-13-3-1-7(12)14-8/h1,3,6,16H,2,4-5H2,(H2,12,13,14). The number of anilines is 2. The Labute approximate surface area is 90.9 Å². The Morgan fingerprint density at radius 3 is 2.94 bits per heavy atom. The van der Waals surface area contributed by atoms with E-state index in [4.69, 9.17) is 10.8 Å². The molecule has 1 aromatic heterocycles. The molecule has 7 heteroatoms. The molecule has 2 rings (SSSR count). The van der Waals surface area contributed by atoms with Gasteiger partial charge in [-0.25, -0.2) is 13.8 Å².